The summed E-state index contributed by atoms with van der Waals surface area (Å²) in [6.07, 6.45) is 3.40. The second-order valence-electron chi connectivity index (χ2n) is 9.77. The van der Waals surface area contributed by atoms with Crippen LogP contribution in [-0.4, -0.2) is 9.49 Å². The number of aromatic nitrogens is 1. The van der Waals surface area contributed by atoms with Crippen LogP contribution >= 0.6 is 34.5 Å². The maximum Gasteiger partial charge on any atom is 0.289 e. The van der Waals surface area contributed by atoms with E-state index in [0.717, 1.165) is 35.2 Å². The second kappa shape index (κ2) is 9.99. The maximum absolute atomic E-state index is 13.9. The summed E-state index contributed by atoms with van der Waals surface area (Å²) in [5.74, 6) is 0.807. The van der Waals surface area contributed by atoms with Gasteiger partial charge in [-0.2, -0.15) is 0 Å². The lowest BCUT2D eigenvalue weighted by atomic mass is 9.83. The first kappa shape index (κ1) is 25.7. The van der Waals surface area contributed by atoms with Crippen LogP contribution in [0.2, 0.25) is 10.0 Å². The number of nitrogens with zero attached hydrogens (tertiary/aromatic N) is 3. The van der Waals surface area contributed by atoms with E-state index in [2.05, 4.69) is 24.3 Å². The molecule has 5 aromatic rings. The largest absolute Gasteiger partial charge is 0.457 e. The molecule has 202 valence electrons. The molecular weight excluding hydrogens is 581 g/mol. The molecule has 7 rings (SSSR count). The van der Waals surface area contributed by atoms with E-state index < -0.39 is 4.92 Å². The average Bonchev–Trinajstić information content (AvgIpc) is 3.57. The Morgan fingerprint density at radius 2 is 1.76 bits per heavy atom. The molecule has 0 saturated heterocycles. The summed E-state index contributed by atoms with van der Waals surface area (Å²) < 4.78 is 8.26. The van der Waals surface area contributed by atoms with Crippen LogP contribution < -0.4 is 14.9 Å². The monoisotopic (exact) mass is 599 g/mol. The van der Waals surface area contributed by atoms with E-state index in [0.29, 0.717) is 26.4 Å². The predicted octanol–water partition coefficient (Wildman–Crippen LogP) is 6.79. The van der Waals surface area contributed by atoms with E-state index in [-0.39, 0.29) is 27.3 Å². The third-order valence-corrected chi connectivity index (χ3v) is 8.99. The van der Waals surface area contributed by atoms with Gasteiger partial charge in [-0.15, -0.1) is 0 Å². The first-order valence-corrected chi connectivity index (χ1v) is 14.4. The van der Waals surface area contributed by atoms with Crippen molar-refractivity contribution in [2.75, 3.05) is 0 Å². The van der Waals surface area contributed by atoms with Gasteiger partial charge in [-0.05, 0) is 47.7 Å². The Morgan fingerprint density at radius 3 is 2.56 bits per heavy atom. The Bertz CT molecular complexity index is 2090. The Balaban J connectivity index is 1.36. The van der Waals surface area contributed by atoms with Crippen LogP contribution in [0.5, 0.6) is 0 Å². The zero-order valence-corrected chi connectivity index (χ0v) is 23.5. The molecule has 0 bridgehead atoms. The molecule has 0 fully saturated rings. The van der Waals surface area contributed by atoms with Crippen molar-refractivity contribution in [3.05, 3.63) is 147 Å². The minimum Gasteiger partial charge on any atom is -0.457 e. The topological polar surface area (TPSA) is 90.6 Å². The van der Waals surface area contributed by atoms with Gasteiger partial charge in [-0.1, -0.05) is 89.1 Å². The first-order chi connectivity index (χ1) is 19.9. The van der Waals surface area contributed by atoms with Crippen LogP contribution in [0.3, 0.4) is 0 Å². The van der Waals surface area contributed by atoms with Gasteiger partial charge in [0.1, 0.15) is 16.5 Å². The molecule has 0 spiro atoms. The molecule has 7 nitrogen and oxygen atoms in total. The predicted molar refractivity (Wildman–Crippen MR) is 160 cm³/mol. The summed E-state index contributed by atoms with van der Waals surface area (Å²) in [4.78, 5) is 30.2. The van der Waals surface area contributed by atoms with Crippen molar-refractivity contribution in [3.8, 4) is 11.3 Å². The Kier molecular flexibility index (Phi) is 6.27. The van der Waals surface area contributed by atoms with Crippen molar-refractivity contribution in [2.24, 2.45) is 4.99 Å². The lowest BCUT2D eigenvalue weighted by molar-refractivity contribution is -0.384. The third-order valence-electron chi connectivity index (χ3n) is 7.39. The number of rotatable bonds is 4. The fraction of sp³-hybridized carbons (Fsp3) is 0.0968. The summed E-state index contributed by atoms with van der Waals surface area (Å²) in [5.41, 5.74) is 5.47. The summed E-state index contributed by atoms with van der Waals surface area (Å²) in [5, 5.41) is 11.3. The van der Waals surface area contributed by atoms with Crippen LogP contribution in [0.25, 0.3) is 23.1 Å². The number of fused-ring (bicyclic) bond motifs is 3. The molecule has 41 heavy (non-hydrogen) atoms. The normalized spacial score (nSPS) is 16.1. The van der Waals surface area contributed by atoms with Crippen LogP contribution in [-0.2, 0) is 6.42 Å². The number of nitro benzene ring substituents is 1. The van der Waals surface area contributed by atoms with E-state index in [9.17, 15) is 14.9 Å². The highest BCUT2D eigenvalue weighted by molar-refractivity contribution is 7.07. The molecule has 0 N–H and O–H groups in total. The third kappa shape index (κ3) is 4.35. The molecule has 1 aliphatic carbocycles. The van der Waals surface area contributed by atoms with Crippen LogP contribution in [0.1, 0.15) is 34.9 Å². The Hall–Kier alpha value is -4.24. The molecule has 0 saturated carbocycles. The van der Waals surface area contributed by atoms with E-state index in [4.69, 9.17) is 32.6 Å². The molecule has 3 aromatic carbocycles. The van der Waals surface area contributed by atoms with Crippen LogP contribution in [0, 0.1) is 10.1 Å². The standard InChI is InChI=1S/C31H19Cl2N3O4S/c32-23-16-25(36(38)39)24(33)15-22(23)26-13-11-19(40-26)14-27-30(37)35-29(18-7-2-1-3-8-18)21-12-10-17-6-4-5-9-20(17)28(21)34-31(35)41-27/h1-9,11,13-16,29H,10,12H2/b27-14-/t29-/m0/s1. The van der Waals surface area contributed by atoms with E-state index in [1.807, 2.05) is 30.3 Å². The molecule has 2 aromatic heterocycles. The summed E-state index contributed by atoms with van der Waals surface area (Å²) in [6, 6.07) is 24.1. The van der Waals surface area contributed by atoms with E-state index in [1.165, 1.54) is 29.0 Å². The van der Waals surface area contributed by atoms with Gasteiger partial charge in [0.2, 0.25) is 0 Å². The lowest BCUT2D eigenvalue weighted by Crippen LogP contribution is -2.38. The van der Waals surface area contributed by atoms with Crippen molar-refractivity contribution >= 4 is 52.0 Å². The summed E-state index contributed by atoms with van der Waals surface area (Å²) in [6.45, 7) is 0. The molecule has 0 radical (unpaired) electrons. The fourth-order valence-corrected chi connectivity index (χ4v) is 6.99. The van der Waals surface area contributed by atoms with Gasteiger partial charge in [0.05, 0.1) is 26.2 Å². The number of hydrogen-bond donors (Lipinski definition) is 0. The van der Waals surface area contributed by atoms with Gasteiger partial charge < -0.3 is 4.42 Å². The lowest BCUT2D eigenvalue weighted by Gasteiger charge is -2.30. The highest BCUT2D eigenvalue weighted by atomic mass is 35.5. The Labute approximate surface area is 247 Å². The van der Waals surface area contributed by atoms with Gasteiger partial charge >= 0.3 is 0 Å². The van der Waals surface area contributed by atoms with Gasteiger partial charge in [0.25, 0.3) is 11.2 Å². The van der Waals surface area contributed by atoms with Crippen molar-refractivity contribution < 1.29 is 9.34 Å². The minimum atomic E-state index is -0.593. The molecule has 10 heteroatoms. The maximum atomic E-state index is 13.9. The van der Waals surface area contributed by atoms with Gasteiger partial charge in [0, 0.05) is 23.3 Å². The number of nitro groups is 1. The van der Waals surface area contributed by atoms with Crippen LogP contribution in [0.15, 0.2) is 98.6 Å². The number of furan rings is 1. The minimum absolute atomic E-state index is 0.0490. The average molecular weight is 600 g/mol. The van der Waals surface area contributed by atoms with Gasteiger partial charge in [-0.25, -0.2) is 4.99 Å². The molecule has 2 aliphatic rings. The summed E-state index contributed by atoms with van der Waals surface area (Å²) in [7, 11) is 0. The molecular formula is C31H19Cl2N3O4S. The van der Waals surface area contributed by atoms with Crippen molar-refractivity contribution in [2.45, 2.75) is 18.9 Å². The summed E-state index contributed by atoms with van der Waals surface area (Å²) >= 11 is 13.7. The van der Waals surface area contributed by atoms with Crippen molar-refractivity contribution in [3.63, 3.8) is 0 Å². The van der Waals surface area contributed by atoms with Gasteiger partial charge in [0.15, 0.2) is 4.80 Å². The molecule has 0 unspecified atom stereocenters. The fourth-order valence-electron chi connectivity index (χ4n) is 5.53. The van der Waals surface area contributed by atoms with Crippen LogP contribution in [0.4, 0.5) is 5.69 Å². The van der Waals surface area contributed by atoms with Crippen molar-refractivity contribution in [1.82, 2.24) is 4.57 Å². The molecule has 3 heterocycles. The zero-order valence-electron chi connectivity index (χ0n) is 21.2. The van der Waals surface area contributed by atoms with E-state index in [1.54, 1.807) is 22.8 Å². The number of aryl methyl sites for hydroxylation is 1. The second-order valence-corrected chi connectivity index (χ2v) is 11.6. The van der Waals surface area contributed by atoms with E-state index >= 15 is 0 Å². The number of hydrogen-bond acceptors (Lipinski definition) is 6. The number of halogens is 2. The number of benzene rings is 3. The SMILES string of the molecule is O=c1/c(=C/c2ccc(-c3cc(Cl)c([N+](=O)[O-])cc3Cl)o2)sc2n1[C@@H](c1ccccc1)C1=C(N=2)c2ccccc2CC1. The van der Waals surface area contributed by atoms with Gasteiger partial charge in [-0.3, -0.25) is 19.5 Å². The highest BCUT2D eigenvalue weighted by Crippen LogP contribution is 2.41. The zero-order chi connectivity index (χ0) is 28.2. The Morgan fingerprint density at radius 1 is 0.976 bits per heavy atom. The molecule has 0 amide bonds. The molecule has 1 atom stereocenters. The number of allylic oxidation sites excluding steroid dienone is 1. The smallest absolute Gasteiger partial charge is 0.289 e. The first-order valence-electron chi connectivity index (χ1n) is 12.8. The van der Waals surface area contributed by atoms with Crippen molar-refractivity contribution in [1.29, 1.82) is 0 Å². The molecule has 1 aliphatic heterocycles. The quantitative estimate of drug-likeness (QED) is 0.168. The highest BCUT2D eigenvalue weighted by Gasteiger charge is 2.32. The number of thiazole rings is 1.